The van der Waals surface area contributed by atoms with Crippen molar-refractivity contribution in [1.82, 2.24) is 5.43 Å². The Bertz CT molecular complexity index is 661. The van der Waals surface area contributed by atoms with Crippen LogP contribution in [0.15, 0.2) is 29.4 Å². The van der Waals surface area contributed by atoms with Gasteiger partial charge in [-0.05, 0) is 57.6 Å². The Morgan fingerprint density at radius 2 is 2.00 bits per heavy atom. The zero-order valence-corrected chi connectivity index (χ0v) is 17.6. The number of nitrogens with one attached hydrogen (secondary N) is 1. The third-order valence-corrected chi connectivity index (χ3v) is 6.57. The number of hydrogen-bond donors (Lipinski definition) is 1. The maximum atomic E-state index is 12.8. The number of benzene rings is 1. The number of hydrogen-bond acceptors (Lipinski definition) is 7. The predicted molar refractivity (Wildman–Crippen MR) is 106 cm³/mol. The summed E-state index contributed by atoms with van der Waals surface area (Å²) in [5.41, 5.74) is 2.23. The summed E-state index contributed by atoms with van der Waals surface area (Å²) in [4.78, 5) is 11.6. The molecule has 0 saturated carbocycles. The number of amides is 1. The summed E-state index contributed by atoms with van der Waals surface area (Å²) in [7, 11) is 0. The summed E-state index contributed by atoms with van der Waals surface area (Å²) >= 11 is 1.16. The summed E-state index contributed by atoms with van der Waals surface area (Å²) in [5, 5.41) is 3.86. The average molecular weight is 402 g/mol. The minimum absolute atomic E-state index is 0.282. The van der Waals surface area contributed by atoms with Gasteiger partial charge in [-0.25, -0.2) is 14.8 Å². The Balaban J connectivity index is 2.85. The van der Waals surface area contributed by atoms with E-state index in [-0.39, 0.29) is 6.61 Å². The van der Waals surface area contributed by atoms with Gasteiger partial charge in [-0.3, -0.25) is 4.52 Å². The molecular weight excluding hydrogens is 375 g/mol. The first-order valence-corrected chi connectivity index (χ1v) is 11.5. The van der Waals surface area contributed by atoms with Crippen molar-refractivity contribution in [1.29, 1.82) is 0 Å². The van der Waals surface area contributed by atoms with E-state index in [0.717, 1.165) is 17.8 Å². The Kier molecular flexibility index (Phi) is 9.19. The van der Waals surface area contributed by atoms with E-state index in [0.29, 0.717) is 17.1 Å². The van der Waals surface area contributed by atoms with E-state index in [1.165, 1.54) is 6.21 Å². The van der Waals surface area contributed by atoms with Gasteiger partial charge in [0.05, 0.1) is 12.8 Å². The highest BCUT2D eigenvalue weighted by Crippen LogP contribution is 2.60. The van der Waals surface area contributed by atoms with Gasteiger partial charge in [0, 0.05) is 11.3 Å². The molecule has 7 nitrogen and oxygen atoms in total. The number of hydrazone groups is 1. The smallest absolute Gasteiger partial charge is 0.440 e. The van der Waals surface area contributed by atoms with Crippen LogP contribution in [-0.2, 0) is 13.8 Å². The average Bonchev–Trinajstić information content (AvgIpc) is 2.53. The van der Waals surface area contributed by atoms with Crippen LogP contribution < -0.4 is 9.95 Å². The van der Waals surface area contributed by atoms with Crippen LogP contribution in [0.2, 0.25) is 0 Å². The second-order valence-corrected chi connectivity index (χ2v) is 10.3. The zero-order valence-electron chi connectivity index (χ0n) is 15.9. The van der Waals surface area contributed by atoms with Crippen LogP contribution in [0.1, 0.15) is 46.6 Å². The molecule has 0 bridgehead atoms. The Labute approximate surface area is 159 Å². The predicted octanol–water partition coefficient (Wildman–Crippen LogP) is 5.21. The zero-order chi connectivity index (χ0) is 19.6. The van der Waals surface area contributed by atoms with Crippen molar-refractivity contribution < 1.29 is 23.1 Å². The summed E-state index contributed by atoms with van der Waals surface area (Å²) in [5.74, 6) is 1.02. The second-order valence-electron chi connectivity index (χ2n) is 6.20. The Morgan fingerprint density at radius 1 is 1.31 bits per heavy atom. The van der Waals surface area contributed by atoms with Crippen molar-refractivity contribution in [3.8, 4) is 5.75 Å². The molecule has 1 N–H and O–H groups in total. The van der Waals surface area contributed by atoms with Crippen molar-refractivity contribution >= 4 is 30.5 Å². The van der Waals surface area contributed by atoms with Crippen LogP contribution in [0.3, 0.4) is 0 Å². The SMILES string of the molecule is CCCSP(=O)(OCC)Oc1ccccc1C=NNC(=O)OC(C)(C)C. The van der Waals surface area contributed by atoms with Crippen LogP contribution in [0.4, 0.5) is 4.79 Å². The maximum Gasteiger partial charge on any atom is 0.440 e. The molecule has 0 aromatic heterocycles. The van der Waals surface area contributed by atoms with Crippen molar-refractivity contribution in [3.05, 3.63) is 29.8 Å². The van der Waals surface area contributed by atoms with E-state index in [1.54, 1.807) is 52.0 Å². The molecule has 0 radical (unpaired) electrons. The Morgan fingerprint density at radius 3 is 2.62 bits per heavy atom. The lowest BCUT2D eigenvalue weighted by atomic mass is 10.2. The summed E-state index contributed by atoms with van der Waals surface area (Å²) < 4.78 is 28.9. The van der Waals surface area contributed by atoms with Crippen molar-refractivity contribution in [2.45, 2.75) is 46.6 Å². The maximum absolute atomic E-state index is 12.8. The molecule has 1 rings (SSSR count). The van der Waals surface area contributed by atoms with E-state index >= 15 is 0 Å². The lowest BCUT2D eigenvalue weighted by molar-refractivity contribution is 0.0529. The first-order chi connectivity index (χ1) is 12.2. The molecule has 26 heavy (non-hydrogen) atoms. The molecular formula is C17H27N2O5PS. The number of ether oxygens (including phenoxy) is 1. The Hall–Kier alpha value is -1.50. The molecule has 0 spiro atoms. The molecule has 0 fully saturated rings. The third-order valence-electron chi connectivity index (χ3n) is 2.63. The lowest BCUT2D eigenvalue weighted by Gasteiger charge is -2.19. The van der Waals surface area contributed by atoms with Crippen molar-refractivity contribution in [2.75, 3.05) is 12.4 Å². The van der Waals surface area contributed by atoms with Gasteiger partial charge in [0.1, 0.15) is 11.4 Å². The van der Waals surface area contributed by atoms with Gasteiger partial charge in [-0.1, -0.05) is 19.1 Å². The summed E-state index contributed by atoms with van der Waals surface area (Å²) in [6, 6.07) is 6.95. The van der Waals surface area contributed by atoms with Crippen LogP contribution in [0.5, 0.6) is 5.75 Å². The van der Waals surface area contributed by atoms with E-state index in [4.69, 9.17) is 13.8 Å². The molecule has 146 valence electrons. The minimum Gasteiger partial charge on any atom is -0.443 e. The molecule has 1 aromatic rings. The fourth-order valence-electron chi connectivity index (χ4n) is 1.70. The molecule has 0 aliphatic heterocycles. The van der Waals surface area contributed by atoms with Crippen molar-refractivity contribution in [2.24, 2.45) is 5.10 Å². The van der Waals surface area contributed by atoms with Crippen LogP contribution in [-0.4, -0.2) is 30.3 Å². The molecule has 1 amide bonds. The third kappa shape index (κ3) is 8.74. The monoisotopic (exact) mass is 402 g/mol. The van der Waals surface area contributed by atoms with Crippen LogP contribution in [0, 0.1) is 0 Å². The fourth-order valence-corrected chi connectivity index (χ4v) is 5.16. The number of para-hydroxylation sites is 1. The van der Waals surface area contributed by atoms with Crippen molar-refractivity contribution in [3.63, 3.8) is 0 Å². The van der Waals surface area contributed by atoms with E-state index in [2.05, 4.69) is 10.5 Å². The summed E-state index contributed by atoms with van der Waals surface area (Å²) in [6.07, 6.45) is 1.60. The first kappa shape index (κ1) is 22.5. The van der Waals surface area contributed by atoms with E-state index < -0.39 is 18.5 Å². The highest BCUT2D eigenvalue weighted by Gasteiger charge is 2.27. The minimum atomic E-state index is -3.32. The van der Waals surface area contributed by atoms with Gasteiger partial charge >= 0.3 is 12.9 Å². The van der Waals surface area contributed by atoms with Crippen LogP contribution in [0.25, 0.3) is 0 Å². The molecule has 9 heteroatoms. The number of carbonyl (C=O) groups excluding carboxylic acids is 1. The molecule has 1 unspecified atom stereocenters. The first-order valence-electron chi connectivity index (χ1n) is 8.39. The molecule has 0 saturated heterocycles. The number of carbonyl (C=O) groups is 1. The standard InChI is InChI=1S/C17H27N2O5PS/c1-6-12-26-25(21,22-7-2)24-15-11-9-8-10-14(15)13-18-19-16(20)23-17(3,4)5/h8-11,13H,6-7,12H2,1-5H3,(H,19,20). The van der Waals surface area contributed by atoms with Crippen LogP contribution >= 0.6 is 18.2 Å². The van der Waals surface area contributed by atoms with E-state index in [1.807, 2.05) is 6.92 Å². The highest BCUT2D eigenvalue weighted by atomic mass is 32.7. The van der Waals surface area contributed by atoms with Gasteiger partial charge in [-0.15, -0.1) is 0 Å². The van der Waals surface area contributed by atoms with Gasteiger partial charge in [0.2, 0.25) is 0 Å². The van der Waals surface area contributed by atoms with Gasteiger partial charge in [0.25, 0.3) is 0 Å². The topological polar surface area (TPSA) is 86.2 Å². The molecule has 1 aromatic carbocycles. The molecule has 0 aliphatic rings. The second kappa shape index (κ2) is 10.6. The fraction of sp³-hybridized carbons (Fsp3) is 0.529. The number of nitrogens with zero attached hydrogens (tertiary/aromatic N) is 1. The lowest BCUT2D eigenvalue weighted by Crippen LogP contribution is -2.29. The molecule has 0 heterocycles. The summed E-state index contributed by atoms with van der Waals surface area (Å²) in [6.45, 7) is 6.01. The van der Waals surface area contributed by atoms with Gasteiger partial charge < -0.3 is 9.26 Å². The number of rotatable bonds is 9. The molecule has 1 atom stereocenters. The normalized spacial score (nSPS) is 14.0. The van der Waals surface area contributed by atoms with Gasteiger partial charge in [0.15, 0.2) is 0 Å². The van der Waals surface area contributed by atoms with E-state index in [9.17, 15) is 9.36 Å². The largest absolute Gasteiger partial charge is 0.443 e. The highest BCUT2D eigenvalue weighted by molar-refractivity contribution is 8.55. The van der Waals surface area contributed by atoms with Gasteiger partial charge in [-0.2, -0.15) is 5.10 Å². The quantitative estimate of drug-likeness (QED) is 0.347. The molecule has 0 aliphatic carbocycles.